The molecule has 1 unspecified atom stereocenters. The molecule has 1 aliphatic rings. The van der Waals surface area contributed by atoms with Gasteiger partial charge in [-0.25, -0.2) is 0 Å². The standard InChI is InChI=1S/C18H16OS/c1-5-8-15(7-3)20-18-10-14-11-19-12-17(14)16(9-6-2)13(18)4/h3,8,10,15H,1,11-12H2,2,4H3. The normalized spacial score (nSPS) is 13.4. The van der Waals surface area contributed by atoms with Gasteiger partial charge in [-0.3, -0.25) is 0 Å². The zero-order chi connectivity index (χ0) is 14.5. The molecule has 100 valence electrons. The van der Waals surface area contributed by atoms with Crippen molar-refractivity contribution in [3.8, 4) is 24.2 Å². The molecule has 0 amide bonds. The summed E-state index contributed by atoms with van der Waals surface area (Å²) in [7, 11) is 0. The Hall–Kier alpha value is -1.83. The molecule has 0 saturated carbocycles. The summed E-state index contributed by atoms with van der Waals surface area (Å²) in [5.74, 6) is 8.93. The van der Waals surface area contributed by atoms with Crippen molar-refractivity contribution in [2.24, 2.45) is 0 Å². The van der Waals surface area contributed by atoms with Crippen LogP contribution in [0.2, 0.25) is 0 Å². The third-order valence-electron chi connectivity index (χ3n) is 3.18. The number of fused-ring (bicyclic) bond motifs is 1. The first-order valence-electron chi connectivity index (χ1n) is 6.35. The third kappa shape index (κ3) is 2.84. The SMILES string of the molecule is C#CC(C=C=C)Sc1cc2c(c(C#CC)c1C)COC2. The molecule has 1 heterocycles. The Morgan fingerprint density at radius 1 is 1.50 bits per heavy atom. The summed E-state index contributed by atoms with van der Waals surface area (Å²) in [5, 5.41) is -0.0611. The Kier molecular flexibility index (Phi) is 4.78. The predicted molar refractivity (Wildman–Crippen MR) is 84.4 cm³/mol. The highest BCUT2D eigenvalue weighted by atomic mass is 32.2. The van der Waals surface area contributed by atoms with E-state index in [9.17, 15) is 0 Å². The second kappa shape index (κ2) is 6.56. The fraction of sp³-hybridized carbons (Fsp3) is 0.278. The maximum absolute atomic E-state index is 5.54. The first-order chi connectivity index (χ1) is 9.71. The summed E-state index contributed by atoms with van der Waals surface area (Å²) >= 11 is 1.63. The number of terminal acetylenes is 1. The number of ether oxygens (including phenoxy) is 1. The lowest BCUT2D eigenvalue weighted by atomic mass is 9.99. The summed E-state index contributed by atoms with van der Waals surface area (Å²) in [6.07, 6.45) is 7.35. The van der Waals surface area contributed by atoms with Crippen LogP contribution in [0.15, 0.2) is 29.3 Å². The lowest BCUT2D eigenvalue weighted by Crippen LogP contribution is -1.99. The molecule has 2 heteroatoms. The Labute approximate surface area is 125 Å². The van der Waals surface area contributed by atoms with Gasteiger partial charge in [-0.15, -0.1) is 29.8 Å². The highest BCUT2D eigenvalue weighted by molar-refractivity contribution is 8.00. The maximum Gasteiger partial charge on any atom is 0.0954 e. The summed E-state index contributed by atoms with van der Waals surface area (Å²) in [6, 6.07) is 2.17. The van der Waals surface area contributed by atoms with Gasteiger partial charge >= 0.3 is 0 Å². The number of rotatable bonds is 3. The largest absolute Gasteiger partial charge is 0.372 e. The van der Waals surface area contributed by atoms with Gasteiger partial charge in [0.1, 0.15) is 0 Å². The first kappa shape index (κ1) is 14.6. The molecule has 0 N–H and O–H groups in total. The predicted octanol–water partition coefficient (Wildman–Crippen LogP) is 3.83. The molecular formula is C18H16OS. The van der Waals surface area contributed by atoms with Gasteiger partial charge in [0, 0.05) is 10.5 Å². The van der Waals surface area contributed by atoms with E-state index < -0.39 is 0 Å². The minimum absolute atomic E-state index is 0.0611. The van der Waals surface area contributed by atoms with Crippen LogP contribution >= 0.6 is 11.8 Å². The minimum atomic E-state index is -0.0611. The molecule has 1 aromatic carbocycles. The van der Waals surface area contributed by atoms with Gasteiger partial charge in [-0.1, -0.05) is 18.4 Å². The van der Waals surface area contributed by atoms with Gasteiger partial charge in [0.2, 0.25) is 0 Å². The van der Waals surface area contributed by atoms with Crippen LogP contribution in [0.25, 0.3) is 0 Å². The van der Waals surface area contributed by atoms with Gasteiger partial charge < -0.3 is 4.74 Å². The van der Waals surface area contributed by atoms with E-state index in [0.29, 0.717) is 13.2 Å². The highest BCUT2D eigenvalue weighted by Gasteiger charge is 2.20. The van der Waals surface area contributed by atoms with E-state index >= 15 is 0 Å². The molecule has 20 heavy (non-hydrogen) atoms. The Balaban J connectivity index is 2.49. The van der Waals surface area contributed by atoms with E-state index in [0.717, 1.165) is 10.5 Å². The number of hydrogen-bond acceptors (Lipinski definition) is 2. The molecule has 0 radical (unpaired) electrons. The van der Waals surface area contributed by atoms with Crippen LogP contribution in [0.3, 0.4) is 0 Å². The lowest BCUT2D eigenvalue weighted by Gasteiger charge is -2.13. The van der Waals surface area contributed by atoms with Crippen LogP contribution in [-0.4, -0.2) is 5.25 Å². The molecule has 1 aliphatic heterocycles. The molecule has 1 nitrogen and oxygen atoms in total. The van der Waals surface area contributed by atoms with Gasteiger partial charge in [-0.05, 0) is 42.7 Å². The van der Waals surface area contributed by atoms with Crippen molar-refractivity contribution >= 4 is 11.8 Å². The summed E-state index contributed by atoms with van der Waals surface area (Å²) in [4.78, 5) is 1.15. The fourth-order valence-corrected chi connectivity index (χ4v) is 3.19. The van der Waals surface area contributed by atoms with Crippen LogP contribution in [0.1, 0.15) is 29.2 Å². The Bertz CT molecular complexity index is 676. The van der Waals surface area contributed by atoms with E-state index in [4.69, 9.17) is 11.2 Å². The van der Waals surface area contributed by atoms with E-state index in [1.54, 1.807) is 17.8 Å². The van der Waals surface area contributed by atoms with Crippen molar-refractivity contribution in [3.05, 3.63) is 46.7 Å². The van der Waals surface area contributed by atoms with Gasteiger partial charge in [0.05, 0.1) is 18.5 Å². The zero-order valence-corrected chi connectivity index (χ0v) is 12.6. The molecular weight excluding hydrogens is 264 g/mol. The van der Waals surface area contributed by atoms with Crippen molar-refractivity contribution in [1.82, 2.24) is 0 Å². The topological polar surface area (TPSA) is 9.23 Å². The smallest absolute Gasteiger partial charge is 0.0954 e. The number of thioether (sulfide) groups is 1. The molecule has 2 rings (SSSR count). The quantitative estimate of drug-likeness (QED) is 0.473. The van der Waals surface area contributed by atoms with E-state index in [1.165, 1.54) is 16.7 Å². The molecule has 1 atom stereocenters. The second-order valence-corrected chi connectivity index (χ2v) is 5.64. The highest BCUT2D eigenvalue weighted by Crippen LogP contribution is 2.35. The summed E-state index contributed by atoms with van der Waals surface area (Å²) < 4.78 is 5.54. The van der Waals surface area contributed by atoms with Crippen molar-refractivity contribution in [3.63, 3.8) is 0 Å². The van der Waals surface area contributed by atoms with Crippen molar-refractivity contribution < 1.29 is 4.74 Å². The third-order valence-corrected chi connectivity index (χ3v) is 4.38. The first-order valence-corrected chi connectivity index (χ1v) is 7.23. The Morgan fingerprint density at radius 2 is 2.30 bits per heavy atom. The van der Waals surface area contributed by atoms with Crippen LogP contribution in [0.5, 0.6) is 0 Å². The summed E-state index contributed by atoms with van der Waals surface area (Å²) in [5.41, 5.74) is 7.46. The minimum Gasteiger partial charge on any atom is -0.372 e. The second-order valence-electron chi connectivity index (χ2n) is 4.46. The Morgan fingerprint density at radius 3 is 2.95 bits per heavy atom. The van der Waals surface area contributed by atoms with Crippen LogP contribution < -0.4 is 0 Å². The molecule has 0 aromatic heterocycles. The molecule has 0 aliphatic carbocycles. The van der Waals surface area contributed by atoms with Crippen LogP contribution in [0, 0.1) is 31.1 Å². The van der Waals surface area contributed by atoms with Gasteiger partial charge in [-0.2, -0.15) is 0 Å². The van der Waals surface area contributed by atoms with Crippen molar-refractivity contribution in [2.75, 3.05) is 0 Å². The van der Waals surface area contributed by atoms with Crippen LogP contribution in [0.4, 0.5) is 0 Å². The van der Waals surface area contributed by atoms with Crippen LogP contribution in [-0.2, 0) is 18.0 Å². The molecule has 0 spiro atoms. The lowest BCUT2D eigenvalue weighted by molar-refractivity contribution is 0.134. The average Bonchev–Trinajstić information content (AvgIpc) is 2.90. The zero-order valence-electron chi connectivity index (χ0n) is 11.7. The fourth-order valence-electron chi connectivity index (χ4n) is 2.20. The molecule has 1 aromatic rings. The van der Waals surface area contributed by atoms with Crippen molar-refractivity contribution in [1.29, 1.82) is 0 Å². The van der Waals surface area contributed by atoms with Gasteiger partial charge in [0.25, 0.3) is 0 Å². The average molecular weight is 280 g/mol. The van der Waals surface area contributed by atoms with E-state index in [2.05, 4.69) is 43.1 Å². The monoisotopic (exact) mass is 280 g/mol. The van der Waals surface area contributed by atoms with Gasteiger partial charge in [0.15, 0.2) is 0 Å². The number of benzene rings is 1. The van der Waals surface area contributed by atoms with Crippen molar-refractivity contribution in [2.45, 2.75) is 37.2 Å². The molecule has 0 bridgehead atoms. The molecule has 0 fully saturated rings. The number of hydrogen-bond donors (Lipinski definition) is 0. The summed E-state index contributed by atoms with van der Waals surface area (Å²) in [6.45, 7) is 8.83. The molecule has 0 saturated heterocycles. The van der Waals surface area contributed by atoms with E-state index in [1.807, 2.05) is 6.92 Å². The van der Waals surface area contributed by atoms with E-state index in [-0.39, 0.29) is 5.25 Å². The maximum atomic E-state index is 5.54.